The maximum absolute atomic E-state index is 12.1. The average Bonchev–Trinajstić information content (AvgIpc) is 2.55. The lowest BCUT2D eigenvalue weighted by Gasteiger charge is -2.06. The Morgan fingerprint density at radius 2 is 1.87 bits per heavy atom. The van der Waals surface area contributed by atoms with E-state index in [4.69, 9.17) is 9.47 Å². The lowest BCUT2D eigenvalue weighted by Crippen LogP contribution is -2.10. The van der Waals surface area contributed by atoms with Gasteiger partial charge in [0, 0.05) is 6.42 Å². The van der Waals surface area contributed by atoms with Gasteiger partial charge in [-0.05, 0) is 12.1 Å². The van der Waals surface area contributed by atoms with E-state index in [0.717, 1.165) is 0 Å². The maximum atomic E-state index is 12.1. The van der Waals surface area contributed by atoms with Gasteiger partial charge in [-0.3, -0.25) is 19.7 Å². The third kappa shape index (κ3) is 5.74. The van der Waals surface area contributed by atoms with E-state index in [1.807, 2.05) is 0 Å². The summed E-state index contributed by atoms with van der Waals surface area (Å²) in [4.78, 5) is 33.9. The van der Waals surface area contributed by atoms with Gasteiger partial charge in [-0.25, -0.2) is 0 Å². The zero-order chi connectivity index (χ0) is 17.2. The second-order valence-corrected chi connectivity index (χ2v) is 4.43. The summed E-state index contributed by atoms with van der Waals surface area (Å²) in [7, 11) is 0. The number of carbonyl (C=O) groups is 2. The Balaban J connectivity index is 2.82. The summed E-state index contributed by atoms with van der Waals surface area (Å²) < 4.78 is 9.95. The number of ether oxygens (including phenoxy) is 2. The molecule has 0 N–H and O–H groups in total. The molecule has 0 spiro atoms. The third-order valence-corrected chi connectivity index (χ3v) is 2.75. The van der Waals surface area contributed by atoms with Crippen LogP contribution in [-0.2, 0) is 9.53 Å². The molecule has 0 aliphatic rings. The second-order valence-electron chi connectivity index (χ2n) is 4.43. The van der Waals surface area contributed by atoms with Crippen molar-refractivity contribution in [2.75, 3.05) is 13.2 Å². The number of benzene rings is 1. The molecular formula is C16H17NO6. The molecule has 7 heteroatoms. The normalized spacial score (nSPS) is 9.74. The Morgan fingerprint density at radius 1 is 1.17 bits per heavy atom. The minimum atomic E-state index is -0.663. The minimum absolute atomic E-state index is 0.0580. The van der Waals surface area contributed by atoms with Crippen LogP contribution in [0.5, 0.6) is 5.75 Å². The molecule has 0 saturated carbocycles. The molecule has 0 unspecified atom stereocenters. The molecule has 0 radical (unpaired) electrons. The Labute approximate surface area is 133 Å². The lowest BCUT2D eigenvalue weighted by atomic mass is 10.0. The van der Waals surface area contributed by atoms with Crippen LogP contribution in [-0.4, -0.2) is 29.9 Å². The number of nitro benzene ring substituents is 1. The zero-order valence-electron chi connectivity index (χ0n) is 12.5. The SMILES string of the molecule is C=CCOC(=O)CCC(=O)c1ccc(OCC=C)cc1[N+](=O)[O-]. The molecule has 0 saturated heterocycles. The largest absolute Gasteiger partial charge is 0.489 e. The van der Waals surface area contributed by atoms with Gasteiger partial charge in [0.2, 0.25) is 0 Å². The predicted octanol–water partition coefficient (Wildman–Crippen LogP) is 2.85. The van der Waals surface area contributed by atoms with Crippen molar-refractivity contribution in [1.82, 2.24) is 0 Å². The van der Waals surface area contributed by atoms with Crippen molar-refractivity contribution in [1.29, 1.82) is 0 Å². The van der Waals surface area contributed by atoms with Gasteiger partial charge in [0.05, 0.1) is 23.0 Å². The first-order valence-corrected chi connectivity index (χ1v) is 6.81. The van der Waals surface area contributed by atoms with Crippen LogP contribution in [0.15, 0.2) is 43.5 Å². The molecular weight excluding hydrogens is 302 g/mol. The number of nitrogens with zero attached hydrogens (tertiary/aromatic N) is 1. The summed E-state index contributed by atoms with van der Waals surface area (Å²) in [5.74, 6) is -0.812. The average molecular weight is 319 g/mol. The van der Waals surface area contributed by atoms with Crippen LogP contribution in [0.3, 0.4) is 0 Å². The number of ketones is 1. The van der Waals surface area contributed by atoms with E-state index in [0.29, 0.717) is 0 Å². The van der Waals surface area contributed by atoms with Gasteiger partial charge in [-0.1, -0.05) is 25.3 Å². The predicted molar refractivity (Wildman–Crippen MR) is 83.5 cm³/mol. The Bertz CT molecular complexity index is 623. The highest BCUT2D eigenvalue weighted by Crippen LogP contribution is 2.26. The Hall–Kier alpha value is -2.96. The molecule has 0 aliphatic carbocycles. The van der Waals surface area contributed by atoms with Crippen molar-refractivity contribution < 1.29 is 24.0 Å². The summed E-state index contributed by atoms with van der Waals surface area (Å²) >= 11 is 0. The minimum Gasteiger partial charge on any atom is -0.489 e. The van der Waals surface area contributed by atoms with Crippen LogP contribution in [0, 0.1) is 10.1 Å². The summed E-state index contributed by atoms with van der Waals surface area (Å²) in [6.07, 6.45) is 2.58. The van der Waals surface area contributed by atoms with E-state index >= 15 is 0 Å². The number of carbonyl (C=O) groups excluding carboxylic acids is 2. The van der Waals surface area contributed by atoms with Crippen LogP contribution in [0.2, 0.25) is 0 Å². The fourth-order valence-corrected chi connectivity index (χ4v) is 1.72. The van der Waals surface area contributed by atoms with Crippen molar-refractivity contribution >= 4 is 17.4 Å². The van der Waals surface area contributed by atoms with E-state index < -0.39 is 16.7 Å². The maximum Gasteiger partial charge on any atom is 0.306 e. The van der Waals surface area contributed by atoms with E-state index in [1.165, 1.54) is 30.4 Å². The van der Waals surface area contributed by atoms with Crippen molar-refractivity contribution in [2.45, 2.75) is 12.8 Å². The molecule has 1 aromatic carbocycles. The van der Waals surface area contributed by atoms with Gasteiger partial charge in [0.15, 0.2) is 5.78 Å². The standard InChI is InChI=1S/C16H17NO6/c1-3-9-22-12-5-6-13(14(11-12)17(20)21)15(18)7-8-16(19)23-10-4-2/h3-6,11H,1-2,7-10H2. The van der Waals surface area contributed by atoms with Gasteiger partial charge >= 0.3 is 5.97 Å². The van der Waals surface area contributed by atoms with Crippen LogP contribution in [0.4, 0.5) is 5.69 Å². The molecule has 1 aromatic rings. The number of rotatable bonds is 10. The molecule has 23 heavy (non-hydrogen) atoms. The highest BCUT2D eigenvalue weighted by Gasteiger charge is 2.21. The fourth-order valence-electron chi connectivity index (χ4n) is 1.72. The highest BCUT2D eigenvalue weighted by atomic mass is 16.6. The molecule has 0 bridgehead atoms. The van der Waals surface area contributed by atoms with E-state index in [9.17, 15) is 19.7 Å². The Kier molecular flexibility index (Phi) is 7.19. The zero-order valence-corrected chi connectivity index (χ0v) is 12.5. The van der Waals surface area contributed by atoms with Crippen molar-refractivity contribution in [3.63, 3.8) is 0 Å². The lowest BCUT2D eigenvalue weighted by molar-refractivity contribution is -0.385. The number of esters is 1. The van der Waals surface area contributed by atoms with Crippen molar-refractivity contribution in [3.8, 4) is 5.75 Å². The van der Waals surface area contributed by atoms with Crippen molar-refractivity contribution in [2.24, 2.45) is 0 Å². The summed E-state index contributed by atoms with van der Waals surface area (Å²) in [6, 6.07) is 3.94. The van der Waals surface area contributed by atoms with Crippen LogP contribution < -0.4 is 4.74 Å². The topological polar surface area (TPSA) is 95.7 Å². The van der Waals surface area contributed by atoms with Crippen LogP contribution >= 0.6 is 0 Å². The second kappa shape index (κ2) is 9.14. The molecule has 122 valence electrons. The van der Waals surface area contributed by atoms with Gasteiger partial charge in [-0.15, -0.1) is 0 Å². The monoisotopic (exact) mass is 319 g/mol. The first-order chi connectivity index (χ1) is 11.0. The molecule has 0 heterocycles. The number of nitro groups is 1. The summed E-state index contributed by atoms with van der Waals surface area (Å²) in [5.41, 5.74) is -0.437. The molecule has 0 atom stereocenters. The first-order valence-electron chi connectivity index (χ1n) is 6.81. The quantitative estimate of drug-likeness (QED) is 0.216. The van der Waals surface area contributed by atoms with Gasteiger partial charge in [-0.2, -0.15) is 0 Å². The van der Waals surface area contributed by atoms with E-state index in [2.05, 4.69) is 13.2 Å². The smallest absolute Gasteiger partial charge is 0.306 e. The Morgan fingerprint density at radius 3 is 2.48 bits per heavy atom. The highest BCUT2D eigenvalue weighted by molar-refractivity contribution is 6.01. The van der Waals surface area contributed by atoms with Crippen molar-refractivity contribution in [3.05, 3.63) is 59.2 Å². The first kappa shape index (κ1) is 18.1. The molecule has 0 fully saturated rings. The summed E-state index contributed by atoms with van der Waals surface area (Å²) in [5, 5.41) is 11.1. The molecule has 7 nitrogen and oxygen atoms in total. The van der Waals surface area contributed by atoms with Crippen LogP contribution in [0.25, 0.3) is 0 Å². The summed E-state index contributed by atoms with van der Waals surface area (Å²) in [6.45, 7) is 7.13. The number of Topliss-reactive ketones (excluding diaryl/α,β-unsaturated/α-hetero) is 1. The molecule has 1 rings (SSSR count). The number of hydrogen-bond donors (Lipinski definition) is 0. The molecule has 0 aromatic heterocycles. The molecule has 0 amide bonds. The van der Waals surface area contributed by atoms with Gasteiger partial charge in [0.25, 0.3) is 5.69 Å². The third-order valence-electron chi connectivity index (χ3n) is 2.75. The van der Waals surface area contributed by atoms with E-state index in [-0.39, 0.29) is 43.1 Å². The van der Waals surface area contributed by atoms with Gasteiger partial charge < -0.3 is 9.47 Å². The van der Waals surface area contributed by atoms with E-state index in [1.54, 1.807) is 0 Å². The fraction of sp³-hybridized carbons (Fsp3) is 0.250. The molecule has 0 aliphatic heterocycles. The van der Waals surface area contributed by atoms with Crippen LogP contribution in [0.1, 0.15) is 23.2 Å². The van der Waals surface area contributed by atoms with Gasteiger partial charge in [0.1, 0.15) is 19.0 Å². The number of hydrogen-bond acceptors (Lipinski definition) is 6.